The van der Waals surface area contributed by atoms with Gasteiger partial charge in [-0.2, -0.15) is 0 Å². The van der Waals surface area contributed by atoms with Gasteiger partial charge in [-0.1, -0.05) is 39.8 Å². The highest BCUT2D eigenvalue weighted by Crippen LogP contribution is 2.43. The molecule has 62 heavy (non-hydrogen) atoms. The summed E-state index contributed by atoms with van der Waals surface area (Å²) in [6.07, 6.45) is -6.33. The topological polar surface area (TPSA) is 225 Å². The van der Waals surface area contributed by atoms with Gasteiger partial charge in [-0.25, -0.2) is 0 Å². The standard InChI is InChI=1S/C46H82N4O12/c1-14-20-49-25-46(55)31(8)58-36(23-44(46,10)56-13)61-37-28(5)40(62-42-38(33(48-12)21-27(4)57-42)59-34-19-17-16-18-32(34)47)43(9,53)22-26(3)24-50-30(7)39(51)45(11,54)35(15-2)60-41(52)29(37)6/h16-19,26-31,33,35-40,42,48-51,53-55H,14-15,20-25,47H2,1-13H3/t26-,27-,28+,29-,30-,31+,33+,35-,36+,37+,38-,39-,40-,42+,43-,44-,45-,46+/m1/s1. The molecule has 9 N–H and O–H groups in total. The third-order valence-electron chi connectivity index (χ3n) is 13.9. The minimum absolute atomic E-state index is 0.0889. The van der Waals surface area contributed by atoms with Crippen molar-refractivity contribution in [2.45, 2.75) is 198 Å². The first kappa shape index (κ1) is 52.4. The number of anilines is 1. The largest absolute Gasteiger partial charge is 0.481 e. The Morgan fingerprint density at radius 1 is 0.968 bits per heavy atom. The fraction of sp³-hybridized carbons (Fsp3) is 0.848. The number of methoxy groups -OCH3 is 1. The molecule has 358 valence electrons. The maximum atomic E-state index is 14.5. The summed E-state index contributed by atoms with van der Waals surface area (Å²) in [6.45, 7) is 21.1. The van der Waals surface area contributed by atoms with Crippen molar-refractivity contribution in [3.63, 3.8) is 0 Å². The number of aliphatic hydroxyl groups excluding tert-OH is 1. The average Bonchev–Trinajstić information content (AvgIpc) is 3.22. The van der Waals surface area contributed by atoms with E-state index in [2.05, 4.69) is 16.0 Å². The van der Waals surface area contributed by atoms with Crippen molar-refractivity contribution >= 4 is 11.7 Å². The molecule has 0 aliphatic carbocycles. The zero-order valence-electron chi connectivity index (χ0n) is 39.7. The van der Waals surface area contributed by atoms with Crippen LogP contribution in [-0.4, -0.2) is 150 Å². The van der Waals surface area contributed by atoms with Gasteiger partial charge in [-0.15, -0.1) is 0 Å². The summed E-state index contributed by atoms with van der Waals surface area (Å²) in [6, 6.07) is 6.35. The second-order valence-electron chi connectivity index (χ2n) is 19.2. The van der Waals surface area contributed by atoms with E-state index in [0.29, 0.717) is 30.9 Å². The molecule has 3 fully saturated rings. The van der Waals surface area contributed by atoms with Crippen LogP contribution in [0.15, 0.2) is 24.3 Å². The number of hydrogen-bond acceptors (Lipinski definition) is 16. The van der Waals surface area contributed by atoms with Crippen LogP contribution in [0.1, 0.15) is 108 Å². The molecule has 0 unspecified atom stereocenters. The lowest BCUT2D eigenvalue weighted by Gasteiger charge is -2.53. The van der Waals surface area contributed by atoms with Crippen LogP contribution in [0.25, 0.3) is 0 Å². The molecular weight excluding hydrogens is 801 g/mol. The number of benzene rings is 1. The molecule has 3 aliphatic rings. The Kier molecular flexibility index (Phi) is 18.5. The van der Waals surface area contributed by atoms with Crippen LogP contribution in [0.5, 0.6) is 5.75 Å². The monoisotopic (exact) mass is 883 g/mol. The van der Waals surface area contributed by atoms with Crippen molar-refractivity contribution in [3.8, 4) is 5.75 Å². The summed E-state index contributed by atoms with van der Waals surface area (Å²) in [7, 11) is 3.39. The SMILES string of the molecule is CCCNC[C@]1(O)[C@H](C)O[C@@H](O[C@H]2[C@H](C)[C@@H](O[C@@H]3O[C@H](C)C[C@H](NC)[C@H]3Oc3ccccc3N)[C@](C)(O)C[C@@H](C)CN[C@H](C)[C@@H](O)[C@](C)(O)[C@@H](CC)OC(=O)[C@@H]2C)C[C@@]1(C)OC. The molecule has 1 aromatic rings. The van der Waals surface area contributed by atoms with Gasteiger partial charge in [0.2, 0.25) is 0 Å². The third kappa shape index (κ3) is 11.8. The summed E-state index contributed by atoms with van der Waals surface area (Å²) in [5.41, 5.74) is 0.802. The van der Waals surface area contributed by atoms with Crippen LogP contribution in [0.3, 0.4) is 0 Å². The Balaban J connectivity index is 1.85. The van der Waals surface area contributed by atoms with Crippen molar-refractivity contribution in [2.75, 3.05) is 39.5 Å². The maximum Gasteiger partial charge on any atom is 0.311 e. The van der Waals surface area contributed by atoms with Crippen molar-refractivity contribution in [3.05, 3.63) is 24.3 Å². The van der Waals surface area contributed by atoms with E-state index >= 15 is 0 Å². The normalized spacial score (nSPS) is 44.2. The Bertz CT molecular complexity index is 1560. The van der Waals surface area contributed by atoms with Crippen molar-refractivity contribution in [1.29, 1.82) is 0 Å². The first-order valence-corrected chi connectivity index (χ1v) is 22.8. The number of rotatable bonds is 13. The summed E-state index contributed by atoms with van der Waals surface area (Å²) in [5.74, 6) is -2.24. The number of ether oxygens (including phenoxy) is 7. The molecule has 0 amide bonds. The van der Waals surface area contributed by atoms with Crippen molar-refractivity contribution in [1.82, 2.24) is 16.0 Å². The molecule has 18 atom stereocenters. The molecule has 3 saturated heterocycles. The number of nitrogens with two attached hydrogens (primary N) is 1. The number of nitrogens with one attached hydrogen (secondary N) is 3. The molecule has 0 spiro atoms. The molecule has 3 heterocycles. The number of esters is 1. The van der Waals surface area contributed by atoms with E-state index in [9.17, 15) is 25.2 Å². The highest BCUT2D eigenvalue weighted by Gasteiger charge is 2.58. The lowest BCUT2D eigenvalue weighted by atomic mass is 9.75. The molecule has 1 aromatic carbocycles. The summed E-state index contributed by atoms with van der Waals surface area (Å²) < 4.78 is 45.9. The Morgan fingerprint density at radius 3 is 2.26 bits per heavy atom. The number of nitrogen functional groups attached to an aromatic ring is 1. The zero-order valence-corrected chi connectivity index (χ0v) is 39.7. The summed E-state index contributed by atoms with van der Waals surface area (Å²) in [4.78, 5) is 14.5. The van der Waals surface area contributed by atoms with Gasteiger partial charge in [0.15, 0.2) is 18.7 Å². The minimum Gasteiger partial charge on any atom is -0.481 e. The van der Waals surface area contributed by atoms with Gasteiger partial charge in [0.05, 0.1) is 47.7 Å². The number of cyclic esters (lactones) is 1. The summed E-state index contributed by atoms with van der Waals surface area (Å²) in [5, 5.41) is 58.2. The maximum absolute atomic E-state index is 14.5. The van der Waals surface area contributed by atoms with Gasteiger partial charge in [-0.3, -0.25) is 4.79 Å². The van der Waals surface area contributed by atoms with E-state index in [1.165, 1.54) is 6.92 Å². The molecule has 0 aromatic heterocycles. The predicted molar refractivity (Wildman–Crippen MR) is 236 cm³/mol. The van der Waals surface area contributed by atoms with Crippen LogP contribution in [0.2, 0.25) is 0 Å². The van der Waals surface area contributed by atoms with E-state index in [1.54, 1.807) is 53.9 Å². The van der Waals surface area contributed by atoms with Crippen LogP contribution < -0.4 is 26.4 Å². The Labute approximate surface area is 370 Å². The minimum atomic E-state index is -1.83. The third-order valence-corrected chi connectivity index (χ3v) is 13.9. The van der Waals surface area contributed by atoms with Gasteiger partial charge < -0.3 is 75.3 Å². The lowest BCUT2D eigenvalue weighted by Crippen LogP contribution is -2.70. The fourth-order valence-electron chi connectivity index (χ4n) is 9.86. The van der Waals surface area contributed by atoms with Gasteiger partial charge in [0.25, 0.3) is 0 Å². The number of para-hydroxylation sites is 2. The van der Waals surface area contributed by atoms with E-state index in [0.717, 1.165) is 6.42 Å². The van der Waals surface area contributed by atoms with Gasteiger partial charge in [0, 0.05) is 32.0 Å². The van der Waals surface area contributed by atoms with E-state index < -0.39 is 95.5 Å². The van der Waals surface area contributed by atoms with E-state index in [-0.39, 0.29) is 43.9 Å². The molecule has 16 nitrogen and oxygen atoms in total. The summed E-state index contributed by atoms with van der Waals surface area (Å²) >= 11 is 0. The Morgan fingerprint density at radius 2 is 1.65 bits per heavy atom. The predicted octanol–water partition coefficient (Wildman–Crippen LogP) is 3.26. The number of aliphatic hydroxyl groups is 4. The smallest absolute Gasteiger partial charge is 0.311 e. The second-order valence-corrected chi connectivity index (χ2v) is 19.2. The van der Waals surface area contributed by atoms with Crippen LogP contribution in [-0.2, 0) is 33.2 Å². The molecule has 16 heteroatoms. The lowest BCUT2D eigenvalue weighted by molar-refractivity contribution is -0.335. The molecule has 0 saturated carbocycles. The van der Waals surface area contributed by atoms with Gasteiger partial charge >= 0.3 is 5.97 Å². The van der Waals surface area contributed by atoms with Crippen molar-refractivity contribution in [2.24, 2.45) is 17.8 Å². The molecule has 0 radical (unpaired) electrons. The zero-order chi connectivity index (χ0) is 46.4. The number of hydrogen-bond donors (Lipinski definition) is 8. The van der Waals surface area contributed by atoms with E-state index in [4.69, 9.17) is 38.9 Å². The molecular formula is C46H82N4O12. The van der Waals surface area contributed by atoms with Crippen LogP contribution >= 0.6 is 0 Å². The molecule has 0 bridgehead atoms. The van der Waals surface area contributed by atoms with Gasteiger partial charge in [-0.05, 0) is 112 Å². The first-order chi connectivity index (χ1) is 29.0. The van der Waals surface area contributed by atoms with Crippen LogP contribution in [0, 0.1) is 17.8 Å². The van der Waals surface area contributed by atoms with Crippen molar-refractivity contribution < 1.29 is 58.4 Å². The highest BCUT2D eigenvalue weighted by atomic mass is 16.7. The molecule has 3 aliphatic heterocycles. The van der Waals surface area contributed by atoms with E-state index in [1.807, 2.05) is 53.8 Å². The molecule has 4 rings (SSSR count). The van der Waals surface area contributed by atoms with Crippen LogP contribution in [0.4, 0.5) is 5.69 Å². The first-order valence-electron chi connectivity index (χ1n) is 22.8. The fourth-order valence-corrected chi connectivity index (χ4v) is 9.86. The quantitative estimate of drug-likeness (QED) is 0.0809. The number of carbonyl (C=O) groups excluding carboxylic acids is 1. The number of likely N-dealkylation sites (N-methyl/N-ethyl adjacent to an activating group) is 1. The Hall–Kier alpha value is -2.19. The highest BCUT2D eigenvalue weighted by molar-refractivity contribution is 5.73. The average molecular weight is 883 g/mol. The number of carbonyl (C=O) groups is 1. The van der Waals surface area contributed by atoms with Gasteiger partial charge in [0.1, 0.15) is 34.8 Å². The second kappa shape index (κ2) is 21.9.